The van der Waals surface area contributed by atoms with Crippen LogP contribution in [0.3, 0.4) is 0 Å². The van der Waals surface area contributed by atoms with E-state index in [1.54, 1.807) is 0 Å². The monoisotopic (exact) mass is 767 g/mol. The van der Waals surface area contributed by atoms with Crippen LogP contribution in [0.25, 0.3) is 0 Å². The maximum absolute atomic E-state index is 14.3. The van der Waals surface area contributed by atoms with E-state index in [2.05, 4.69) is 10.1 Å². The van der Waals surface area contributed by atoms with Gasteiger partial charge in [0, 0.05) is 5.92 Å². The minimum atomic E-state index is -7.85. The molecule has 0 aromatic rings. The summed E-state index contributed by atoms with van der Waals surface area (Å²) in [5.74, 6) is -43.8. The zero-order valence-corrected chi connectivity index (χ0v) is 27.6. The summed E-state index contributed by atoms with van der Waals surface area (Å²) in [5, 5.41) is 11.2. The van der Waals surface area contributed by atoms with Crippen LogP contribution < -0.4 is 5.32 Å². The van der Waals surface area contributed by atoms with Gasteiger partial charge in [0.2, 0.25) is 5.91 Å². The van der Waals surface area contributed by atoms with E-state index >= 15 is 0 Å². The molecule has 0 saturated heterocycles. The van der Waals surface area contributed by atoms with Crippen LogP contribution in [-0.2, 0) is 34.0 Å². The van der Waals surface area contributed by atoms with Gasteiger partial charge in [0.15, 0.2) is 6.61 Å². The van der Waals surface area contributed by atoms with Crippen molar-refractivity contribution < 1.29 is 94.6 Å². The van der Waals surface area contributed by atoms with E-state index in [4.69, 9.17) is 9.84 Å². The Morgan fingerprint density at radius 3 is 1.67 bits per heavy atom. The molecule has 2 atom stereocenters. The number of carbonyl (C=O) groups excluding carboxylic acids is 3. The van der Waals surface area contributed by atoms with Gasteiger partial charge in [0.05, 0.1) is 28.7 Å². The van der Waals surface area contributed by atoms with E-state index in [1.165, 1.54) is 13.8 Å². The summed E-state index contributed by atoms with van der Waals surface area (Å²) in [6.07, 6.45) is -7.29. The van der Waals surface area contributed by atoms with E-state index in [1.807, 2.05) is 0 Å². The number of hydrogen-bond acceptors (Lipinski definition) is 8. The number of nitrogens with one attached hydrogen (secondary N) is 1. The Kier molecular flexibility index (Phi) is 14.6. The first kappa shape index (κ1) is 46.4. The maximum Gasteiger partial charge on any atom is 0.384 e. The fraction of sp³-hybridized carbons (Fsp3) is 0.885. The molecule has 23 heteroatoms. The van der Waals surface area contributed by atoms with Gasteiger partial charge in [0.1, 0.15) is 6.61 Å². The molecular weight excluding hydrogens is 730 g/mol. The second kappa shape index (κ2) is 15.4. The summed E-state index contributed by atoms with van der Waals surface area (Å²) in [7, 11) is -4.73. The highest BCUT2D eigenvalue weighted by Crippen LogP contribution is 2.58. The third-order valence-electron chi connectivity index (χ3n) is 7.30. The van der Waals surface area contributed by atoms with Crippen molar-refractivity contribution in [3.8, 4) is 0 Å². The van der Waals surface area contributed by atoms with Crippen LogP contribution in [0, 0.1) is 16.7 Å². The lowest BCUT2D eigenvalue weighted by molar-refractivity contribution is -0.414. The summed E-state index contributed by atoms with van der Waals surface area (Å²) in [6, 6.07) is 0. The molecule has 3 N–H and O–H groups in total. The fourth-order valence-electron chi connectivity index (χ4n) is 4.33. The third-order valence-corrected chi connectivity index (χ3v) is 8.39. The normalized spacial score (nSPS) is 16.2. The highest BCUT2D eigenvalue weighted by Gasteiger charge is 2.88. The topological polar surface area (TPSA) is 156 Å². The molecular formula is C26H37F12NO9S. The second-order valence-electron chi connectivity index (χ2n) is 12.8. The van der Waals surface area contributed by atoms with Crippen LogP contribution in [0.5, 0.6) is 0 Å². The summed E-state index contributed by atoms with van der Waals surface area (Å²) >= 11 is 0. The van der Waals surface area contributed by atoms with Crippen LogP contribution in [0.4, 0.5) is 52.7 Å². The molecule has 0 heterocycles. The Labute approximate surface area is 273 Å². The number of aliphatic hydroxyl groups is 1. The van der Waals surface area contributed by atoms with Gasteiger partial charge in [-0.15, -0.1) is 0 Å². The van der Waals surface area contributed by atoms with Gasteiger partial charge in [-0.25, -0.2) is 8.78 Å². The fourth-order valence-corrected chi connectivity index (χ4v) is 5.31. The minimum absolute atomic E-state index is 0.106. The van der Waals surface area contributed by atoms with Gasteiger partial charge in [-0.05, 0) is 53.9 Å². The summed E-state index contributed by atoms with van der Waals surface area (Å²) < 4.78 is 203. The second-order valence-corrected chi connectivity index (χ2v) is 14.2. The molecule has 1 amide bonds. The molecule has 0 aliphatic rings. The van der Waals surface area contributed by atoms with Crippen molar-refractivity contribution in [2.45, 2.75) is 102 Å². The van der Waals surface area contributed by atoms with Crippen LogP contribution in [0.2, 0.25) is 0 Å². The molecule has 0 saturated carbocycles. The van der Waals surface area contributed by atoms with Crippen molar-refractivity contribution in [1.29, 1.82) is 0 Å². The highest BCUT2D eigenvalue weighted by atomic mass is 32.2. The average Bonchev–Trinajstić information content (AvgIpc) is 2.91. The first-order valence-corrected chi connectivity index (χ1v) is 15.5. The Bertz CT molecular complexity index is 1290. The number of ether oxygens (including phenoxy) is 2. The largest absolute Gasteiger partial charge is 0.463 e. The van der Waals surface area contributed by atoms with E-state index in [0.717, 1.165) is 27.7 Å². The molecule has 0 aliphatic carbocycles. The predicted octanol–water partition coefficient (Wildman–Crippen LogP) is 5.13. The number of hydrogen-bond donors (Lipinski definition) is 3. The van der Waals surface area contributed by atoms with Gasteiger partial charge in [-0.3, -0.25) is 18.9 Å². The smallest absolute Gasteiger partial charge is 0.384 e. The summed E-state index contributed by atoms with van der Waals surface area (Å²) in [4.78, 5) is 38.8. The summed E-state index contributed by atoms with van der Waals surface area (Å²) in [5.41, 5.74) is -5.69. The lowest BCUT2D eigenvalue weighted by atomic mass is 9.72. The molecule has 0 aliphatic heterocycles. The lowest BCUT2D eigenvalue weighted by Crippen LogP contribution is -2.69. The standard InChI is InChI=1S/C26H37F12NO9S/c1-7-21(6,18(43)47-9-8-40)11-14(15(41)39-20(4,5)13-49(44,45)46)10-19(2,3)17(42)48-12-22(29,30)24(33,34)26(37,38)25(35,36)23(31,32)16(27)28/h14,16,40H,7-13H2,1-6H3,(H,39,41)(H,44,45,46). The molecule has 49 heavy (non-hydrogen) atoms. The van der Waals surface area contributed by atoms with Crippen LogP contribution in [-0.4, -0.2) is 103 Å². The van der Waals surface area contributed by atoms with Gasteiger partial charge >= 0.3 is 48.0 Å². The number of aliphatic hydroxyl groups excluding tert-OH is 1. The number of rotatable bonds is 20. The molecule has 0 fully saturated rings. The minimum Gasteiger partial charge on any atom is -0.463 e. The van der Waals surface area contributed by atoms with Gasteiger partial charge < -0.3 is 19.9 Å². The van der Waals surface area contributed by atoms with Gasteiger partial charge in [-0.1, -0.05) is 6.92 Å². The van der Waals surface area contributed by atoms with Crippen LogP contribution in [0.15, 0.2) is 0 Å². The third kappa shape index (κ3) is 10.7. The highest BCUT2D eigenvalue weighted by molar-refractivity contribution is 7.85. The van der Waals surface area contributed by atoms with E-state index < -0.39 is 125 Å². The Morgan fingerprint density at radius 1 is 0.776 bits per heavy atom. The number of carbonyl (C=O) groups is 3. The number of halogens is 12. The molecule has 0 rings (SSSR count). The molecule has 2 unspecified atom stereocenters. The van der Waals surface area contributed by atoms with Crippen molar-refractivity contribution in [3.63, 3.8) is 0 Å². The molecule has 10 nitrogen and oxygen atoms in total. The SMILES string of the molecule is CCC(C)(CC(CC(C)(C)C(=O)OCC(F)(F)C(F)(F)C(F)(F)C(F)(F)C(F)(F)C(F)F)C(=O)NC(C)(C)CS(=O)(=O)O)C(=O)OCCO. The van der Waals surface area contributed by atoms with Crippen molar-refractivity contribution in [1.82, 2.24) is 5.32 Å². The lowest BCUT2D eigenvalue weighted by Gasteiger charge is -2.39. The predicted molar refractivity (Wildman–Crippen MR) is 143 cm³/mol. The Hall–Kier alpha value is -2.56. The van der Waals surface area contributed by atoms with E-state index in [9.17, 15) is 80.0 Å². The number of amides is 1. The van der Waals surface area contributed by atoms with Gasteiger partial charge in [0.25, 0.3) is 10.1 Å². The molecule has 0 radical (unpaired) electrons. The first-order valence-electron chi connectivity index (χ1n) is 13.9. The van der Waals surface area contributed by atoms with Crippen molar-refractivity contribution in [2.75, 3.05) is 25.6 Å². The first-order chi connectivity index (χ1) is 21.5. The van der Waals surface area contributed by atoms with Crippen molar-refractivity contribution >= 4 is 28.0 Å². The Balaban J connectivity index is 6.49. The van der Waals surface area contributed by atoms with Crippen LogP contribution >= 0.6 is 0 Å². The average molecular weight is 768 g/mol. The maximum atomic E-state index is 14.3. The van der Waals surface area contributed by atoms with Crippen molar-refractivity contribution in [3.05, 3.63) is 0 Å². The molecule has 0 bridgehead atoms. The zero-order chi connectivity index (χ0) is 39.5. The summed E-state index contributed by atoms with van der Waals surface area (Å²) in [6.45, 7) is 2.21. The Morgan fingerprint density at radius 2 is 1.27 bits per heavy atom. The molecule has 0 aromatic heterocycles. The molecule has 0 aromatic carbocycles. The quantitative estimate of drug-likeness (QED) is 0.0869. The van der Waals surface area contributed by atoms with E-state index in [0.29, 0.717) is 0 Å². The van der Waals surface area contributed by atoms with Gasteiger partial charge in [-0.2, -0.15) is 52.3 Å². The number of esters is 2. The van der Waals surface area contributed by atoms with Crippen LogP contribution in [0.1, 0.15) is 60.8 Å². The molecule has 290 valence electrons. The molecule has 0 spiro atoms. The zero-order valence-electron chi connectivity index (χ0n) is 26.8. The van der Waals surface area contributed by atoms with E-state index in [-0.39, 0.29) is 6.42 Å². The van der Waals surface area contributed by atoms with Crippen molar-refractivity contribution in [2.24, 2.45) is 16.7 Å². The number of alkyl halides is 12.